The lowest BCUT2D eigenvalue weighted by molar-refractivity contribution is 0.141. The van der Waals surface area contributed by atoms with Crippen LogP contribution < -0.4 is 10.6 Å². The third kappa shape index (κ3) is 5.83. The summed E-state index contributed by atoms with van der Waals surface area (Å²) in [6, 6.07) is 11.0. The quantitative estimate of drug-likeness (QED) is 0.490. The molecule has 0 saturated carbocycles. The molecule has 1 saturated heterocycles. The van der Waals surface area contributed by atoms with E-state index in [1.54, 1.807) is 7.11 Å². The number of hydrogen-bond acceptors (Lipinski definition) is 4. The van der Waals surface area contributed by atoms with Crippen LogP contribution in [0.2, 0.25) is 0 Å². The molecule has 2 N–H and O–H groups in total. The number of guanidine groups is 1. The highest BCUT2D eigenvalue weighted by Crippen LogP contribution is 2.18. The minimum atomic E-state index is 0.533. The Bertz CT molecular complexity index is 831. The number of likely N-dealkylation sites (tertiary alicyclic amines) is 1. The van der Waals surface area contributed by atoms with E-state index in [0.29, 0.717) is 12.6 Å². The van der Waals surface area contributed by atoms with E-state index in [2.05, 4.69) is 64.8 Å². The van der Waals surface area contributed by atoms with Crippen LogP contribution in [0.5, 0.6) is 0 Å². The fraction of sp³-hybridized carbons (Fsp3) is 0.565. The maximum atomic E-state index is 5.26. The normalized spacial score (nSPS) is 17.5. The highest BCUT2D eigenvalue weighted by molar-refractivity contribution is 5.79. The first kappa shape index (κ1) is 22.3. The van der Waals surface area contributed by atoms with Gasteiger partial charge in [0.15, 0.2) is 5.96 Å². The third-order valence-corrected chi connectivity index (χ3v) is 5.57. The molecule has 2 heterocycles. The van der Waals surface area contributed by atoms with Gasteiger partial charge in [-0.2, -0.15) is 5.10 Å². The van der Waals surface area contributed by atoms with Crippen LogP contribution in [0, 0.1) is 13.8 Å². The molecule has 0 spiro atoms. The van der Waals surface area contributed by atoms with E-state index in [-0.39, 0.29) is 0 Å². The van der Waals surface area contributed by atoms with Gasteiger partial charge < -0.3 is 15.4 Å². The standard InChI is InChI=1S/C23H36N6O/c1-5-24-23(26-17-21-10-8-12-28(21)13-14-30-4)25-16-20-9-6-7-11-22(20)29-19(3)15-18(2)27-29/h6-7,9,11,15,21H,5,8,10,12-14,16-17H2,1-4H3,(H2,24,25,26). The molecule has 2 aromatic rings. The van der Waals surface area contributed by atoms with Crippen molar-refractivity contribution in [1.82, 2.24) is 25.3 Å². The Morgan fingerprint density at radius 2 is 2.10 bits per heavy atom. The molecular weight excluding hydrogens is 376 g/mol. The van der Waals surface area contributed by atoms with Crippen LogP contribution in [-0.4, -0.2) is 66.6 Å². The van der Waals surface area contributed by atoms with Gasteiger partial charge in [0.1, 0.15) is 0 Å². The number of nitrogens with one attached hydrogen (secondary N) is 2. The average molecular weight is 413 g/mol. The summed E-state index contributed by atoms with van der Waals surface area (Å²) in [5.41, 5.74) is 4.40. The molecule has 1 aliphatic rings. The van der Waals surface area contributed by atoms with Crippen molar-refractivity contribution in [1.29, 1.82) is 0 Å². The molecule has 0 aliphatic carbocycles. The molecule has 0 radical (unpaired) electrons. The van der Waals surface area contributed by atoms with Gasteiger partial charge in [-0.25, -0.2) is 9.67 Å². The predicted molar refractivity (Wildman–Crippen MR) is 122 cm³/mol. The minimum absolute atomic E-state index is 0.533. The number of para-hydroxylation sites is 1. The van der Waals surface area contributed by atoms with E-state index < -0.39 is 0 Å². The lowest BCUT2D eigenvalue weighted by atomic mass is 10.2. The van der Waals surface area contributed by atoms with Gasteiger partial charge in [0.2, 0.25) is 0 Å². The first-order valence-electron chi connectivity index (χ1n) is 11.0. The SMILES string of the molecule is CCNC(=NCc1ccccc1-n1nc(C)cc1C)NCC1CCCN1CCOC. The van der Waals surface area contributed by atoms with E-state index >= 15 is 0 Å². The number of rotatable bonds is 9. The number of aliphatic imine (C=N–C) groups is 1. The number of nitrogens with zero attached hydrogens (tertiary/aromatic N) is 4. The summed E-state index contributed by atoms with van der Waals surface area (Å²) in [6.45, 7) is 11.5. The second-order valence-electron chi connectivity index (χ2n) is 7.87. The molecule has 30 heavy (non-hydrogen) atoms. The Morgan fingerprint density at radius 1 is 1.27 bits per heavy atom. The topological polar surface area (TPSA) is 66.7 Å². The molecule has 0 amide bonds. The Hall–Kier alpha value is -2.38. The zero-order chi connectivity index (χ0) is 21.3. The van der Waals surface area contributed by atoms with Crippen molar-refractivity contribution in [2.45, 2.75) is 46.2 Å². The van der Waals surface area contributed by atoms with E-state index in [1.165, 1.54) is 12.8 Å². The van der Waals surface area contributed by atoms with Crippen molar-refractivity contribution in [3.8, 4) is 5.69 Å². The maximum Gasteiger partial charge on any atom is 0.191 e. The molecule has 3 rings (SSSR count). The number of benzene rings is 1. The van der Waals surface area contributed by atoms with Crippen molar-refractivity contribution in [3.63, 3.8) is 0 Å². The van der Waals surface area contributed by atoms with Gasteiger partial charge in [0.05, 0.1) is 24.5 Å². The molecule has 0 bridgehead atoms. The second kappa shape index (κ2) is 11.1. The van der Waals surface area contributed by atoms with Crippen molar-refractivity contribution >= 4 is 5.96 Å². The molecule has 1 atom stereocenters. The Labute approximate surface area is 180 Å². The van der Waals surface area contributed by atoms with Crippen molar-refractivity contribution in [3.05, 3.63) is 47.3 Å². The number of aromatic nitrogens is 2. The number of aryl methyl sites for hydroxylation is 2. The average Bonchev–Trinajstić information content (AvgIpc) is 3.33. The molecule has 1 aromatic carbocycles. The predicted octanol–water partition coefficient (Wildman–Crippen LogP) is 2.66. The second-order valence-corrected chi connectivity index (χ2v) is 7.87. The first-order valence-corrected chi connectivity index (χ1v) is 11.0. The van der Waals surface area contributed by atoms with Gasteiger partial charge in [-0.3, -0.25) is 4.90 Å². The highest BCUT2D eigenvalue weighted by Gasteiger charge is 2.24. The molecule has 1 aliphatic heterocycles. The zero-order valence-electron chi connectivity index (χ0n) is 18.8. The summed E-state index contributed by atoms with van der Waals surface area (Å²) < 4.78 is 7.26. The van der Waals surface area contributed by atoms with Crippen LogP contribution >= 0.6 is 0 Å². The van der Waals surface area contributed by atoms with Crippen LogP contribution in [0.15, 0.2) is 35.3 Å². The molecular formula is C23H36N6O. The van der Waals surface area contributed by atoms with Gasteiger partial charge in [-0.15, -0.1) is 0 Å². The smallest absolute Gasteiger partial charge is 0.191 e. The Kier molecular flexibility index (Phi) is 8.28. The van der Waals surface area contributed by atoms with E-state index in [9.17, 15) is 0 Å². The fourth-order valence-electron chi connectivity index (χ4n) is 4.07. The molecule has 1 unspecified atom stereocenters. The van der Waals surface area contributed by atoms with Gasteiger partial charge in [0.25, 0.3) is 0 Å². The summed E-state index contributed by atoms with van der Waals surface area (Å²) in [5.74, 6) is 0.860. The van der Waals surface area contributed by atoms with E-state index in [0.717, 1.165) is 61.4 Å². The molecule has 164 valence electrons. The maximum absolute atomic E-state index is 5.26. The van der Waals surface area contributed by atoms with Gasteiger partial charge in [-0.05, 0) is 57.9 Å². The number of ether oxygens (including phenoxy) is 1. The van der Waals surface area contributed by atoms with Crippen LogP contribution in [0.3, 0.4) is 0 Å². The molecule has 1 fully saturated rings. The third-order valence-electron chi connectivity index (χ3n) is 5.57. The molecule has 7 heteroatoms. The minimum Gasteiger partial charge on any atom is -0.383 e. The lowest BCUT2D eigenvalue weighted by Crippen LogP contribution is -2.45. The van der Waals surface area contributed by atoms with Crippen molar-refractivity contribution in [2.24, 2.45) is 4.99 Å². The highest BCUT2D eigenvalue weighted by atomic mass is 16.5. The number of methoxy groups -OCH3 is 1. The monoisotopic (exact) mass is 412 g/mol. The lowest BCUT2D eigenvalue weighted by Gasteiger charge is -2.25. The van der Waals surface area contributed by atoms with Gasteiger partial charge >= 0.3 is 0 Å². The van der Waals surface area contributed by atoms with Crippen LogP contribution in [-0.2, 0) is 11.3 Å². The zero-order valence-corrected chi connectivity index (χ0v) is 18.8. The fourth-order valence-corrected chi connectivity index (χ4v) is 4.07. The van der Waals surface area contributed by atoms with Crippen molar-refractivity contribution in [2.75, 3.05) is 39.9 Å². The summed E-state index contributed by atoms with van der Waals surface area (Å²) >= 11 is 0. The summed E-state index contributed by atoms with van der Waals surface area (Å²) in [7, 11) is 1.77. The number of hydrogen-bond donors (Lipinski definition) is 2. The van der Waals surface area contributed by atoms with Crippen LogP contribution in [0.25, 0.3) is 5.69 Å². The molecule has 7 nitrogen and oxygen atoms in total. The van der Waals surface area contributed by atoms with Crippen molar-refractivity contribution < 1.29 is 4.74 Å². The Balaban J connectivity index is 1.67. The molecule has 1 aromatic heterocycles. The Morgan fingerprint density at radius 3 is 2.83 bits per heavy atom. The van der Waals surface area contributed by atoms with Gasteiger partial charge in [-0.1, -0.05) is 18.2 Å². The van der Waals surface area contributed by atoms with Gasteiger partial charge in [0, 0.05) is 38.5 Å². The van der Waals surface area contributed by atoms with Crippen LogP contribution in [0.4, 0.5) is 0 Å². The largest absolute Gasteiger partial charge is 0.383 e. The summed E-state index contributed by atoms with van der Waals surface area (Å²) in [5, 5.41) is 11.6. The summed E-state index contributed by atoms with van der Waals surface area (Å²) in [6.07, 6.45) is 2.47. The first-order chi connectivity index (χ1) is 14.6. The van der Waals surface area contributed by atoms with Crippen LogP contribution in [0.1, 0.15) is 36.7 Å². The van der Waals surface area contributed by atoms with E-state index in [4.69, 9.17) is 9.73 Å². The summed E-state index contributed by atoms with van der Waals surface area (Å²) in [4.78, 5) is 7.38. The van der Waals surface area contributed by atoms with E-state index in [1.807, 2.05) is 11.6 Å².